The van der Waals surface area contributed by atoms with Crippen molar-refractivity contribution in [2.75, 3.05) is 7.11 Å². The van der Waals surface area contributed by atoms with E-state index in [2.05, 4.69) is 10.0 Å². The molecule has 0 aliphatic carbocycles. The number of carbonyl (C=O) groups excluding carboxylic acids is 1. The molecule has 0 saturated carbocycles. The van der Waals surface area contributed by atoms with Crippen molar-refractivity contribution in [2.45, 2.75) is 13.2 Å². The molecule has 2 aromatic rings. The first-order valence-corrected chi connectivity index (χ1v) is 6.63. The highest BCUT2D eigenvalue weighted by atomic mass is 16.5. The first-order valence-electron chi connectivity index (χ1n) is 6.63. The predicted molar refractivity (Wildman–Crippen MR) is 81.4 cm³/mol. The van der Waals surface area contributed by atoms with Gasteiger partial charge in [0.2, 0.25) is 0 Å². The van der Waals surface area contributed by atoms with Crippen LogP contribution in [0, 0.1) is 0 Å². The van der Waals surface area contributed by atoms with E-state index >= 15 is 0 Å². The number of methoxy groups -OCH3 is 1. The number of esters is 1. The molecule has 22 heavy (non-hydrogen) atoms. The van der Waals surface area contributed by atoms with E-state index in [1.54, 1.807) is 18.2 Å². The van der Waals surface area contributed by atoms with E-state index in [1.165, 1.54) is 7.11 Å². The van der Waals surface area contributed by atoms with E-state index in [0.717, 1.165) is 5.56 Å². The van der Waals surface area contributed by atoms with Crippen LogP contribution in [0.25, 0.3) is 10.4 Å². The molecule has 112 valence electrons. The Morgan fingerprint density at radius 2 is 2.00 bits per heavy atom. The standard InChI is InChI=1S/C16H15N3O3/c1-21-16(20)13-7-8-14(10-18-19-17)15(9-13)22-11-12-5-3-2-4-6-12/h2-9H,10-11H2,1H3. The van der Waals surface area contributed by atoms with Crippen LogP contribution >= 0.6 is 0 Å². The zero-order valence-corrected chi connectivity index (χ0v) is 12.1. The third-order valence-electron chi connectivity index (χ3n) is 3.03. The van der Waals surface area contributed by atoms with E-state index < -0.39 is 5.97 Å². The third-order valence-corrected chi connectivity index (χ3v) is 3.03. The van der Waals surface area contributed by atoms with Crippen molar-refractivity contribution < 1.29 is 14.3 Å². The highest BCUT2D eigenvalue weighted by Crippen LogP contribution is 2.23. The smallest absolute Gasteiger partial charge is 0.337 e. The summed E-state index contributed by atoms with van der Waals surface area (Å²) in [5.41, 5.74) is 10.5. The number of azide groups is 1. The van der Waals surface area contributed by atoms with E-state index in [0.29, 0.717) is 23.5 Å². The molecular formula is C16H15N3O3. The van der Waals surface area contributed by atoms with Gasteiger partial charge in [-0.25, -0.2) is 4.79 Å². The Hall–Kier alpha value is -2.98. The van der Waals surface area contributed by atoms with Gasteiger partial charge in [0.1, 0.15) is 12.4 Å². The van der Waals surface area contributed by atoms with E-state index in [-0.39, 0.29) is 6.54 Å². The fourth-order valence-electron chi connectivity index (χ4n) is 1.91. The quantitative estimate of drug-likeness (QED) is 0.351. The minimum atomic E-state index is -0.445. The summed E-state index contributed by atoms with van der Waals surface area (Å²) in [7, 11) is 1.32. The van der Waals surface area contributed by atoms with Crippen molar-refractivity contribution in [3.05, 3.63) is 75.7 Å². The maximum Gasteiger partial charge on any atom is 0.337 e. The number of benzene rings is 2. The van der Waals surface area contributed by atoms with Crippen molar-refractivity contribution in [1.82, 2.24) is 0 Å². The summed E-state index contributed by atoms with van der Waals surface area (Å²) in [6.45, 7) is 0.511. The maximum atomic E-state index is 11.6. The second kappa shape index (κ2) is 7.71. The van der Waals surface area contributed by atoms with E-state index in [9.17, 15) is 4.79 Å². The van der Waals surface area contributed by atoms with E-state index in [1.807, 2.05) is 30.3 Å². The fourth-order valence-corrected chi connectivity index (χ4v) is 1.91. The zero-order valence-electron chi connectivity index (χ0n) is 12.1. The molecule has 0 amide bonds. The van der Waals surface area contributed by atoms with Crippen molar-refractivity contribution in [2.24, 2.45) is 5.11 Å². The van der Waals surface area contributed by atoms with Gasteiger partial charge in [-0.15, -0.1) is 0 Å². The lowest BCUT2D eigenvalue weighted by atomic mass is 10.1. The van der Waals surface area contributed by atoms with Gasteiger partial charge in [-0.3, -0.25) is 0 Å². The summed E-state index contributed by atoms with van der Waals surface area (Å²) in [5, 5.41) is 3.54. The number of rotatable bonds is 6. The Morgan fingerprint density at radius 1 is 1.23 bits per heavy atom. The van der Waals surface area contributed by atoms with Gasteiger partial charge in [0.25, 0.3) is 0 Å². The summed E-state index contributed by atoms with van der Waals surface area (Å²) in [6, 6.07) is 14.6. The van der Waals surface area contributed by atoms with Gasteiger partial charge in [-0.05, 0) is 28.8 Å². The summed E-state index contributed by atoms with van der Waals surface area (Å²) in [5.74, 6) is 0.0547. The Morgan fingerprint density at radius 3 is 2.68 bits per heavy atom. The summed E-state index contributed by atoms with van der Waals surface area (Å²) in [6.07, 6.45) is 0. The molecule has 0 bridgehead atoms. The number of carbonyl (C=O) groups is 1. The second-order valence-corrected chi connectivity index (χ2v) is 4.48. The molecule has 0 atom stereocenters. The van der Waals surface area contributed by atoms with Gasteiger partial charge in [-0.1, -0.05) is 41.5 Å². The van der Waals surface area contributed by atoms with Crippen LogP contribution < -0.4 is 4.74 Å². The van der Waals surface area contributed by atoms with Crippen molar-refractivity contribution in [3.63, 3.8) is 0 Å². The lowest BCUT2D eigenvalue weighted by Gasteiger charge is -2.12. The van der Waals surface area contributed by atoms with Gasteiger partial charge in [0.05, 0.1) is 19.2 Å². The molecule has 6 heteroatoms. The van der Waals surface area contributed by atoms with Crippen LogP contribution in [0.1, 0.15) is 21.5 Å². The highest BCUT2D eigenvalue weighted by molar-refractivity contribution is 5.89. The molecule has 0 N–H and O–H groups in total. The number of ether oxygens (including phenoxy) is 2. The highest BCUT2D eigenvalue weighted by Gasteiger charge is 2.11. The third kappa shape index (κ3) is 4.01. The molecule has 2 rings (SSSR count). The molecule has 0 aromatic heterocycles. The van der Waals surface area contributed by atoms with E-state index in [4.69, 9.17) is 15.0 Å². The van der Waals surface area contributed by atoms with Gasteiger partial charge in [-0.2, -0.15) is 0 Å². The summed E-state index contributed by atoms with van der Waals surface area (Å²) >= 11 is 0. The van der Waals surface area contributed by atoms with Crippen molar-refractivity contribution >= 4 is 5.97 Å². The minimum Gasteiger partial charge on any atom is -0.489 e. The lowest BCUT2D eigenvalue weighted by Crippen LogP contribution is -2.04. The Kier molecular flexibility index (Phi) is 5.40. The van der Waals surface area contributed by atoms with Crippen molar-refractivity contribution in [1.29, 1.82) is 0 Å². The Balaban J connectivity index is 2.23. The van der Waals surface area contributed by atoms with Crippen LogP contribution in [0.15, 0.2) is 53.6 Å². The molecule has 0 heterocycles. The van der Waals surface area contributed by atoms with Crippen LogP contribution in [-0.2, 0) is 17.9 Å². The molecule has 0 unspecified atom stereocenters. The first-order chi connectivity index (χ1) is 10.7. The van der Waals surface area contributed by atoms with Crippen LogP contribution in [-0.4, -0.2) is 13.1 Å². The maximum absolute atomic E-state index is 11.6. The summed E-state index contributed by atoms with van der Waals surface area (Å²) in [4.78, 5) is 14.3. The zero-order chi connectivity index (χ0) is 15.8. The van der Waals surface area contributed by atoms with Gasteiger partial charge in [0.15, 0.2) is 0 Å². The van der Waals surface area contributed by atoms with Crippen molar-refractivity contribution in [3.8, 4) is 5.75 Å². The number of hydrogen-bond donors (Lipinski definition) is 0. The molecule has 0 fully saturated rings. The van der Waals surface area contributed by atoms with Crippen LogP contribution in [0.4, 0.5) is 0 Å². The SMILES string of the molecule is COC(=O)c1ccc(CN=[N+]=[N-])c(OCc2ccccc2)c1. The number of hydrogen-bond acceptors (Lipinski definition) is 4. The van der Waals surface area contributed by atoms with Crippen LogP contribution in [0.5, 0.6) is 5.75 Å². The molecule has 2 aromatic carbocycles. The van der Waals surface area contributed by atoms with Crippen LogP contribution in [0.2, 0.25) is 0 Å². The lowest BCUT2D eigenvalue weighted by molar-refractivity contribution is 0.0600. The van der Waals surface area contributed by atoms with Gasteiger partial charge in [0, 0.05) is 4.91 Å². The second-order valence-electron chi connectivity index (χ2n) is 4.48. The molecule has 0 spiro atoms. The Bertz CT molecular complexity index is 695. The number of nitrogens with zero attached hydrogens (tertiary/aromatic N) is 3. The summed E-state index contributed by atoms with van der Waals surface area (Å²) < 4.78 is 10.5. The van der Waals surface area contributed by atoms with Gasteiger partial charge < -0.3 is 9.47 Å². The Labute approximate surface area is 127 Å². The topological polar surface area (TPSA) is 84.3 Å². The molecule has 0 aliphatic heterocycles. The molecule has 0 aliphatic rings. The normalized spacial score (nSPS) is 9.68. The molecular weight excluding hydrogens is 282 g/mol. The first kappa shape index (κ1) is 15.4. The molecule has 6 nitrogen and oxygen atoms in total. The van der Waals surface area contributed by atoms with Gasteiger partial charge >= 0.3 is 5.97 Å². The molecule has 0 saturated heterocycles. The predicted octanol–water partition coefficient (Wildman–Crippen LogP) is 3.86. The average Bonchev–Trinajstić information content (AvgIpc) is 2.58. The van der Waals surface area contributed by atoms with Crippen LogP contribution in [0.3, 0.4) is 0 Å². The fraction of sp³-hybridized carbons (Fsp3) is 0.188. The monoisotopic (exact) mass is 297 g/mol. The average molecular weight is 297 g/mol. The minimum absolute atomic E-state index is 0.155. The molecule has 0 radical (unpaired) electrons. The largest absolute Gasteiger partial charge is 0.489 e.